The second-order valence-electron chi connectivity index (χ2n) is 12.2. The molecule has 0 aromatic carbocycles. The minimum absolute atomic E-state index is 0.375. The van der Waals surface area contributed by atoms with Gasteiger partial charge in [0.15, 0.2) is 0 Å². The number of aliphatic hydroxyl groups is 1. The van der Waals surface area contributed by atoms with Gasteiger partial charge < -0.3 is 10.2 Å². The fraction of sp³-hybridized carbons (Fsp3) is 0.972. The Morgan fingerprint density at radius 3 is 0.615 bits per heavy atom. The predicted octanol–water partition coefficient (Wildman–Crippen LogP) is 12.6. The van der Waals surface area contributed by atoms with E-state index in [9.17, 15) is 0 Å². The van der Waals surface area contributed by atoms with Crippen LogP contribution in [0.25, 0.3) is 0 Å². The van der Waals surface area contributed by atoms with Gasteiger partial charge in [0.2, 0.25) is 0 Å². The lowest BCUT2D eigenvalue weighted by atomic mass is 10.0. The quantitative estimate of drug-likeness (QED) is 0.0813. The lowest BCUT2D eigenvalue weighted by Crippen LogP contribution is -1.85. The van der Waals surface area contributed by atoms with Gasteiger partial charge in [0, 0.05) is 13.5 Å². The average molecular weight is 555 g/mol. The number of unbranched alkanes of at least 4 members (excludes halogenated alkanes) is 31. The molecule has 0 atom stereocenters. The molecule has 0 bridgehead atoms. The second kappa shape index (κ2) is 39.6. The van der Waals surface area contributed by atoms with E-state index in [1.165, 1.54) is 199 Å². The van der Waals surface area contributed by atoms with Gasteiger partial charge in [-0.1, -0.05) is 206 Å². The van der Waals surface area contributed by atoms with Crippen molar-refractivity contribution in [3.05, 3.63) is 0 Å². The molecule has 0 saturated heterocycles. The van der Waals surface area contributed by atoms with Gasteiger partial charge in [-0.15, -0.1) is 0 Å². The summed E-state index contributed by atoms with van der Waals surface area (Å²) in [5.41, 5.74) is 0. The zero-order valence-corrected chi connectivity index (χ0v) is 27.1. The fourth-order valence-electron chi connectivity index (χ4n) is 5.49. The summed E-state index contributed by atoms with van der Waals surface area (Å²) in [6.45, 7) is 3.76. The lowest BCUT2D eigenvalue weighted by Gasteiger charge is -2.04. The molecule has 0 aliphatic heterocycles. The Kier molecular flexibility index (Phi) is 41.2. The third-order valence-electron chi connectivity index (χ3n) is 8.01. The summed E-state index contributed by atoms with van der Waals surface area (Å²) in [6.07, 6.45) is 46.0. The minimum Gasteiger partial charge on any atom is -0.481 e. The normalized spacial score (nSPS) is 10.9. The molecule has 0 aliphatic carbocycles. The van der Waals surface area contributed by atoms with Crippen molar-refractivity contribution in [1.82, 2.24) is 0 Å². The third kappa shape index (κ3) is 47.6. The molecule has 0 radical (unpaired) electrons. The molecule has 0 heterocycles. The average Bonchev–Trinajstić information content (AvgIpc) is 2.91. The van der Waals surface area contributed by atoms with Gasteiger partial charge in [-0.2, -0.15) is 0 Å². The van der Waals surface area contributed by atoms with E-state index < -0.39 is 5.97 Å². The van der Waals surface area contributed by atoms with Crippen molar-refractivity contribution in [2.75, 3.05) is 6.61 Å². The number of rotatable bonds is 32. The molecular formula is C36H74O3. The zero-order chi connectivity index (χ0) is 28.9. The zero-order valence-electron chi connectivity index (χ0n) is 27.1. The lowest BCUT2D eigenvalue weighted by molar-refractivity contribution is -0.134. The summed E-state index contributed by atoms with van der Waals surface area (Å²) in [5, 5.41) is 16.2. The van der Waals surface area contributed by atoms with E-state index in [0.29, 0.717) is 6.61 Å². The number of aliphatic hydroxyl groups excluding tert-OH is 1. The first-order chi connectivity index (χ1) is 19.1. The Bertz CT molecular complexity index is 388. The van der Waals surface area contributed by atoms with Gasteiger partial charge in [0.25, 0.3) is 5.97 Å². The summed E-state index contributed by atoms with van der Waals surface area (Å²) in [5.74, 6) is -0.833. The maximum Gasteiger partial charge on any atom is 0.300 e. The van der Waals surface area contributed by atoms with E-state index in [-0.39, 0.29) is 0 Å². The summed E-state index contributed by atoms with van der Waals surface area (Å²) >= 11 is 0. The number of hydrogen-bond donors (Lipinski definition) is 2. The van der Waals surface area contributed by atoms with Crippen LogP contribution in [0.2, 0.25) is 0 Å². The first-order valence-corrected chi connectivity index (χ1v) is 18.0. The van der Waals surface area contributed by atoms with Gasteiger partial charge in [0.05, 0.1) is 0 Å². The summed E-state index contributed by atoms with van der Waals surface area (Å²) in [7, 11) is 0. The molecule has 0 unspecified atom stereocenters. The largest absolute Gasteiger partial charge is 0.481 e. The topological polar surface area (TPSA) is 57.5 Å². The molecule has 2 N–H and O–H groups in total. The molecule has 0 fully saturated rings. The van der Waals surface area contributed by atoms with E-state index in [4.69, 9.17) is 15.0 Å². The Labute approximate surface area is 246 Å². The van der Waals surface area contributed by atoms with Crippen molar-refractivity contribution in [3.63, 3.8) is 0 Å². The van der Waals surface area contributed by atoms with E-state index in [1.807, 2.05) is 0 Å². The number of aliphatic carboxylic acids is 1. The van der Waals surface area contributed by atoms with Crippen molar-refractivity contribution in [2.45, 2.75) is 219 Å². The molecule has 0 aliphatic rings. The molecule has 0 aromatic heterocycles. The van der Waals surface area contributed by atoms with Crippen molar-refractivity contribution in [2.24, 2.45) is 0 Å². The predicted molar refractivity (Wildman–Crippen MR) is 174 cm³/mol. The number of hydrogen-bond acceptors (Lipinski definition) is 2. The van der Waals surface area contributed by atoms with Gasteiger partial charge in [0.1, 0.15) is 0 Å². The van der Waals surface area contributed by atoms with Crippen molar-refractivity contribution < 1.29 is 15.0 Å². The Hall–Kier alpha value is -0.570. The number of carboxylic acids is 1. The van der Waals surface area contributed by atoms with Crippen LogP contribution in [0.3, 0.4) is 0 Å². The van der Waals surface area contributed by atoms with Crippen LogP contribution in [-0.2, 0) is 4.79 Å². The van der Waals surface area contributed by atoms with Crippen molar-refractivity contribution in [3.8, 4) is 0 Å². The first-order valence-electron chi connectivity index (χ1n) is 18.0. The van der Waals surface area contributed by atoms with Crippen LogP contribution in [0.15, 0.2) is 0 Å². The van der Waals surface area contributed by atoms with Crippen molar-refractivity contribution >= 4 is 5.97 Å². The Morgan fingerprint density at radius 1 is 0.359 bits per heavy atom. The molecule has 236 valence electrons. The van der Waals surface area contributed by atoms with Crippen LogP contribution in [0, 0.1) is 0 Å². The summed E-state index contributed by atoms with van der Waals surface area (Å²) in [4.78, 5) is 9.00. The fourth-order valence-corrected chi connectivity index (χ4v) is 5.49. The minimum atomic E-state index is -0.833. The van der Waals surface area contributed by atoms with Crippen LogP contribution >= 0.6 is 0 Å². The molecule has 0 spiro atoms. The molecule has 3 heteroatoms. The third-order valence-corrected chi connectivity index (χ3v) is 8.01. The van der Waals surface area contributed by atoms with E-state index in [2.05, 4.69) is 6.92 Å². The smallest absolute Gasteiger partial charge is 0.300 e. The summed E-state index contributed by atoms with van der Waals surface area (Å²) in [6, 6.07) is 0. The van der Waals surface area contributed by atoms with E-state index >= 15 is 0 Å². The SMILES string of the molecule is CC(=O)O.CCCCCCCCCCCCCCCCCCCCCCCCCCCCCCCCCCO. The number of carbonyl (C=O) groups is 1. The molecule has 0 aromatic rings. The Morgan fingerprint density at radius 2 is 0.487 bits per heavy atom. The maximum atomic E-state index is 9.00. The van der Waals surface area contributed by atoms with Gasteiger partial charge in [-0.05, 0) is 6.42 Å². The summed E-state index contributed by atoms with van der Waals surface area (Å²) < 4.78 is 0. The second-order valence-corrected chi connectivity index (χ2v) is 12.2. The highest BCUT2D eigenvalue weighted by Gasteiger charge is 1.97. The standard InChI is InChI=1S/C34H70O.C2H4O2/c1-2-3-4-5-6-7-8-9-10-11-12-13-14-15-16-17-18-19-20-21-22-23-24-25-26-27-28-29-30-31-32-33-34-35;1-2(3)4/h35H,2-34H2,1H3;1H3,(H,3,4). The number of carboxylic acid groups (broad SMARTS) is 1. The molecule has 0 rings (SSSR count). The highest BCUT2D eigenvalue weighted by atomic mass is 16.4. The molecule has 39 heavy (non-hydrogen) atoms. The van der Waals surface area contributed by atoms with Crippen LogP contribution in [0.5, 0.6) is 0 Å². The van der Waals surface area contributed by atoms with Crippen LogP contribution in [-0.4, -0.2) is 22.8 Å². The van der Waals surface area contributed by atoms with Crippen LogP contribution in [0.1, 0.15) is 219 Å². The molecular weight excluding hydrogens is 480 g/mol. The van der Waals surface area contributed by atoms with Crippen LogP contribution < -0.4 is 0 Å². The van der Waals surface area contributed by atoms with E-state index in [0.717, 1.165) is 13.3 Å². The van der Waals surface area contributed by atoms with Gasteiger partial charge >= 0.3 is 0 Å². The van der Waals surface area contributed by atoms with Crippen LogP contribution in [0.4, 0.5) is 0 Å². The highest BCUT2D eigenvalue weighted by molar-refractivity contribution is 5.62. The maximum absolute atomic E-state index is 9.00. The van der Waals surface area contributed by atoms with E-state index in [1.54, 1.807) is 0 Å². The monoisotopic (exact) mass is 555 g/mol. The molecule has 0 amide bonds. The Balaban J connectivity index is 0. The highest BCUT2D eigenvalue weighted by Crippen LogP contribution is 2.16. The van der Waals surface area contributed by atoms with Crippen molar-refractivity contribution in [1.29, 1.82) is 0 Å². The van der Waals surface area contributed by atoms with Gasteiger partial charge in [-0.25, -0.2) is 0 Å². The molecule has 0 saturated carbocycles. The van der Waals surface area contributed by atoms with Gasteiger partial charge in [-0.3, -0.25) is 4.79 Å². The molecule has 3 nitrogen and oxygen atoms in total. The first kappa shape index (κ1) is 40.6.